The molecule has 0 bridgehead atoms. The summed E-state index contributed by atoms with van der Waals surface area (Å²) in [7, 11) is 0. The van der Waals surface area contributed by atoms with Crippen LogP contribution < -0.4 is 0 Å². The van der Waals surface area contributed by atoms with Gasteiger partial charge in [0.2, 0.25) is 0 Å². The molecule has 0 saturated heterocycles. The lowest BCUT2D eigenvalue weighted by Crippen LogP contribution is -2.31. The van der Waals surface area contributed by atoms with Crippen molar-refractivity contribution in [3.63, 3.8) is 0 Å². The van der Waals surface area contributed by atoms with Gasteiger partial charge < -0.3 is 0 Å². The molecule has 0 amide bonds. The maximum atomic E-state index is 4.58. The summed E-state index contributed by atoms with van der Waals surface area (Å²) < 4.78 is 2.08. The van der Waals surface area contributed by atoms with E-state index in [1.54, 1.807) is 6.20 Å². The van der Waals surface area contributed by atoms with Crippen molar-refractivity contribution in [1.29, 1.82) is 0 Å². The Morgan fingerprint density at radius 1 is 0.444 bits per heavy atom. The smallest absolute Gasteiger partial charge is 0.163 e. The van der Waals surface area contributed by atoms with Crippen molar-refractivity contribution in [3.05, 3.63) is 174 Å². The Morgan fingerprint density at radius 2 is 0.944 bits per heavy atom. The first-order chi connectivity index (χ1) is 17.9. The molecule has 0 spiro atoms. The van der Waals surface area contributed by atoms with Crippen molar-refractivity contribution in [2.24, 2.45) is 0 Å². The van der Waals surface area contributed by atoms with Gasteiger partial charge in [-0.2, -0.15) is 0 Å². The molecular formula is C33H25N3. The van der Waals surface area contributed by atoms with E-state index in [2.05, 4.69) is 130 Å². The first kappa shape index (κ1) is 21.8. The Labute approximate surface area is 211 Å². The van der Waals surface area contributed by atoms with Crippen LogP contribution in [0.4, 0.5) is 0 Å². The average molecular weight is 464 g/mol. The van der Waals surface area contributed by atoms with E-state index in [-0.39, 0.29) is 0 Å². The second kappa shape index (κ2) is 9.47. The first-order valence-electron chi connectivity index (χ1n) is 12.1. The molecular weight excluding hydrogens is 438 g/mol. The van der Waals surface area contributed by atoms with Crippen LogP contribution in [0.3, 0.4) is 0 Å². The molecule has 0 aliphatic rings. The van der Waals surface area contributed by atoms with Gasteiger partial charge in [0.1, 0.15) is 5.69 Å². The lowest BCUT2D eigenvalue weighted by atomic mass is 9.65. The summed E-state index contributed by atoms with van der Waals surface area (Å²) in [6.07, 6.45) is 5.60. The summed E-state index contributed by atoms with van der Waals surface area (Å²) in [5.41, 5.74) is 6.32. The summed E-state index contributed by atoms with van der Waals surface area (Å²) >= 11 is 0. The SMILES string of the molecule is c1ccc(C(c2ccccc2)(c2ccccc2)c2ccc(-n3ccnc3-c3ccccn3)cc2)cc1. The number of hydrogen-bond acceptors (Lipinski definition) is 2. The van der Waals surface area contributed by atoms with Crippen molar-refractivity contribution < 1.29 is 0 Å². The van der Waals surface area contributed by atoms with Gasteiger partial charge in [-0.3, -0.25) is 9.55 Å². The zero-order valence-corrected chi connectivity index (χ0v) is 19.8. The highest BCUT2D eigenvalue weighted by molar-refractivity contribution is 5.61. The van der Waals surface area contributed by atoms with Crippen LogP contribution in [0, 0.1) is 0 Å². The fourth-order valence-corrected chi connectivity index (χ4v) is 5.13. The van der Waals surface area contributed by atoms with Crippen LogP contribution in [-0.4, -0.2) is 14.5 Å². The quantitative estimate of drug-likeness (QED) is 0.242. The van der Waals surface area contributed by atoms with Gasteiger partial charge in [-0.15, -0.1) is 0 Å². The Balaban J connectivity index is 1.55. The largest absolute Gasteiger partial charge is 0.299 e. The van der Waals surface area contributed by atoms with Gasteiger partial charge in [0, 0.05) is 24.3 Å². The summed E-state index contributed by atoms with van der Waals surface area (Å²) in [6.45, 7) is 0. The molecule has 0 fully saturated rings. The van der Waals surface area contributed by atoms with Crippen LogP contribution in [0.25, 0.3) is 17.2 Å². The van der Waals surface area contributed by atoms with E-state index in [0.717, 1.165) is 17.2 Å². The van der Waals surface area contributed by atoms with Crippen LogP contribution in [0.5, 0.6) is 0 Å². The van der Waals surface area contributed by atoms with Gasteiger partial charge in [-0.25, -0.2) is 4.98 Å². The third kappa shape index (κ3) is 3.71. The average Bonchev–Trinajstić information content (AvgIpc) is 3.46. The number of hydrogen-bond donors (Lipinski definition) is 0. The number of benzene rings is 4. The predicted molar refractivity (Wildman–Crippen MR) is 145 cm³/mol. The van der Waals surface area contributed by atoms with E-state index in [9.17, 15) is 0 Å². The number of imidazole rings is 1. The van der Waals surface area contributed by atoms with E-state index >= 15 is 0 Å². The minimum Gasteiger partial charge on any atom is -0.299 e. The fraction of sp³-hybridized carbons (Fsp3) is 0.0303. The maximum Gasteiger partial charge on any atom is 0.163 e. The van der Waals surface area contributed by atoms with Gasteiger partial charge in [0.05, 0.1) is 5.41 Å². The van der Waals surface area contributed by atoms with E-state index in [1.807, 2.05) is 30.6 Å². The van der Waals surface area contributed by atoms with Crippen molar-refractivity contribution in [3.8, 4) is 17.2 Å². The highest BCUT2D eigenvalue weighted by atomic mass is 15.1. The molecule has 0 unspecified atom stereocenters. The van der Waals surface area contributed by atoms with Crippen LogP contribution in [0.1, 0.15) is 22.3 Å². The molecule has 0 radical (unpaired) electrons. The molecule has 0 aliphatic carbocycles. The molecule has 4 aromatic carbocycles. The van der Waals surface area contributed by atoms with Crippen molar-refractivity contribution in [1.82, 2.24) is 14.5 Å². The molecule has 36 heavy (non-hydrogen) atoms. The minimum atomic E-state index is -0.457. The Hall–Kier alpha value is -4.76. The highest BCUT2D eigenvalue weighted by Crippen LogP contribution is 2.45. The molecule has 3 nitrogen and oxygen atoms in total. The van der Waals surface area contributed by atoms with E-state index in [4.69, 9.17) is 0 Å². The van der Waals surface area contributed by atoms with Gasteiger partial charge in [-0.05, 0) is 46.5 Å². The van der Waals surface area contributed by atoms with Gasteiger partial charge in [0.15, 0.2) is 5.82 Å². The van der Waals surface area contributed by atoms with E-state index in [0.29, 0.717) is 0 Å². The third-order valence-corrected chi connectivity index (χ3v) is 6.73. The van der Waals surface area contributed by atoms with Crippen molar-refractivity contribution in [2.45, 2.75) is 5.41 Å². The van der Waals surface area contributed by atoms with Crippen LogP contribution >= 0.6 is 0 Å². The Kier molecular flexibility index (Phi) is 5.72. The summed E-state index contributed by atoms with van der Waals surface area (Å²) in [4.78, 5) is 9.08. The van der Waals surface area contributed by atoms with Crippen LogP contribution in [0.2, 0.25) is 0 Å². The number of rotatable bonds is 6. The zero-order valence-electron chi connectivity index (χ0n) is 19.8. The minimum absolute atomic E-state index is 0.457. The lowest BCUT2D eigenvalue weighted by molar-refractivity contribution is 0.744. The van der Waals surface area contributed by atoms with Gasteiger partial charge in [-0.1, -0.05) is 109 Å². The topological polar surface area (TPSA) is 30.7 Å². The first-order valence-corrected chi connectivity index (χ1v) is 12.1. The zero-order chi connectivity index (χ0) is 24.2. The fourth-order valence-electron chi connectivity index (χ4n) is 5.13. The monoisotopic (exact) mass is 463 g/mol. The summed E-state index contributed by atoms with van der Waals surface area (Å²) in [5, 5.41) is 0. The number of aromatic nitrogens is 3. The Bertz CT molecular complexity index is 1440. The van der Waals surface area contributed by atoms with Crippen LogP contribution in [0.15, 0.2) is 152 Å². The third-order valence-electron chi connectivity index (χ3n) is 6.73. The van der Waals surface area contributed by atoms with Gasteiger partial charge >= 0.3 is 0 Å². The molecule has 0 saturated carbocycles. The number of nitrogens with zero attached hydrogens (tertiary/aromatic N) is 3. The summed E-state index contributed by atoms with van der Waals surface area (Å²) in [5.74, 6) is 0.823. The molecule has 2 aromatic heterocycles. The van der Waals surface area contributed by atoms with Gasteiger partial charge in [0.25, 0.3) is 0 Å². The van der Waals surface area contributed by atoms with Crippen molar-refractivity contribution >= 4 is 0 Å². The highest BCUT2D eigenvalue weighted by Gasteiger charge is 2.38. The molecule has 0 N–H and O–H groups in total. The summed E-state index contributed by atoms with van der Waals surface area (Å²) in [6, 6.07) is 47.0. The number of pyridine rings is 1. The van der Waals surface area contributed by atoms with E-state index in [1.165, 1.54) is 22.3 Å². The second-order valence-corrected chi connectivity index (χ2v) is 8.73. The molecule has 6 aromatic rings. The lowest BCUT2D eigenvalue weighted by Gasteiger charge is -2.37. The maximum absolute atomic E-state index is 4.58. The normalized spacial score (nSPS) is 11.3. The predicted octanol–water partition coefficient (Wildman–Crippen LogP) is 7.32. The standard InChI is InChI=1S/C33H25N3/c1-4-12-26(13-5-1)33(27-14-6-2-7-15-27,28-16-8-3-9-17-28)29-19-21-30(22-20-29)36-25-24-35-32(36)31-18-10-11-23-34-31/h1-25H. The molecule has 172 valence electrons. The van der Waals surface area contributed by atoms with E-state index < -0.39 is 5.41 Å². The molecule has 6 rings (SSSR count). The Morgan fingerprint density at radius 3 is 1.44 bits per heavy atom. The molecule has 0 aliphatic heterocycles. The van der Waals surface area contributed by atoms with Crippen molar-refractivity contribution in [2.75, 3.05) is 0 Å². The molecule has 2 heterocycles. The molecule has 0 atom stereocenters. The second-order valence-electron chi connectivity index (χ2n) is 8.73. The van der Waals surface area contributed by atoms with Crippen LogP contribution in [-0.2, 0) is 5.41 Å². The molecule has 3 heteroatoms.